The molecule has 2 aromatic carbocycles. The monoisotopic (exact) mass is 541 g/mol. The minimum absolute atomic E-state index is 0.167. The number of non-ortho nitro benzene ring substituents is 1. The number of H-pyrrole nitrogens is 1. The van der Waals surface area contributed by atoms with Gasteiger partial charge in [-0.2, -0.15) is 0 Å². The summed E-state index contributed by atoms with van der Waals surface area (Å²) in [5.74, 6) is -2.79. The Bertz CT molecular complexity index is 1470. The van der Waals surface area contributed by atoms with Crippen LogP contribution in [0, 0.1) is 16.0 Å². The Kier molecular flexibility index (Phi) is 6.56. The van der Waals surface area contributed by atoms with Crippen molar-refractivity contribution in [1.29, 1.82) is 0 Å². The van der Waals surface area contributed by atoms with Crippen LogP contribution in [0.15, 0.2) is 58.4 Å². The van der Waals surface area contributed by atoms with Gasteiger partial charge >= 0.3 is 10.8 Å². The summed E-state index contributed by atoms with van der Waals surface area (Å²) in [7, 11) is 0. The summed E-state index contributed by atoms with van der Waals surface area (Å²) in [5, 5.41) is 10.7. The van der Waals surface area contributed by atoms with Crippen molar-refractivity contribution in [2.45, 2.75) is 23.1 Å². The summed E-state index contributed by atoms with van der Waals surface area (Å²) in [6.07, 6.45) is 0. The van der Waals surface area contributed by atoms with E-state index in [0.717, 1.165) is 28.0 Å². The first kappa shape index (κ1) is 24.7. The number of rotatable bonds is 7. The lowest BCUT2D eigenvalue weighted by Crippen LogP contribution is -2.32. The zero-order valence-corrected chi connectivity index (χ0v) is 20.9. The number of nitro benzene ring substituents is 1. The lowest BCUT2D eigenvalue weighted by atomic mass is 9.82. The number of hydrogen-bond donors (Lipinski definition) is 1. The van der Waals surface area contributed by atoms with Gasteiger partial charge in [-0.3, -0.25) is 24.5 Å². The number of nitrogens with zero attached hydrogens (tertiary/aromatic N) is 2. The van der Waals surface area contributed by atoms with E-state index in [1.165, 1.54) is 24.3 Å². The second-order valence-corrected chi connectivity index (χ2v) is 10.3. The molecule has 0 aliphatic carbocycles. The second-order valence-electron chi connectivity index (χ2n) is 8.17. The van der Waals surface area contributed by atoms with Gasteiger partial charge in [-0.05, 0) is 25.1 Å². The SMILES string of the molecule is CCOC(=O)COc1ccccc1C1c2sc(=O)[nH]c2SC2C(=O)N(c3ccc([N+](=O)[O-])cc3)C(=O)C21. The van der Waals surface area contributed by atoms with E-state index < -0.39 is 39.8 Å². The molecule has 11 nitrogen and oxygen atoms in total. The maximum Gasteiger partial charge on any atom is 0.344 e. The van der Waals surface area contributed by atoms with Crippen LogP contribution in [0.1, 0.15) is 23.3 Å². The molecule has 190 valence electrons. The van der Waals surface area contributed by atoms with Gasteiger partial charge in [0.15, 0.2) is 6.61 Å². The average molecular weight is 542 g/mol. The number of fused-ring (bicyclic) bond motifs is 2. The van der Waals surface area contributed by atoms with E-state index in [9.17, 15) is 29.3 Å². The zero-order valence-electron chi connectivity index (χ0n) is 19.2. The summed E-state index contributed by atoms with van der Waals surface area (Å²) in [6, 6.07) is 12.0. The molecular weight excluding hydrogens is 522 g/mol. The molecule has 2 amide bonds. The number of nitro groups is 1. The zero-order chi connectivity index (χ0) is 26.3. The smallest absolute Gasteiger partial charge is 0.344 e. The van der Waals surface area contributed by atoms with Crippen LogP contribution in [0.5, 0.6) is 5.75 Å². The van der Waals surface area contributed by atoms with E-state index in [4.69, 9.17) is 9.47 Å². The van der Waals surface area contributed by atoms with Crippen molar-refractivity contribution in [3.05, 3.63) is 78.8 Å². The fourth-order valence-electron chi connectivity index (χ4n) is 4.54. The first-order valence-electron chi connectivity index (χ1n) is 11.2. The number of esters is 1. The van der Waals surface area contributed by atoms with Gasteiger partial charge in [-0.25, -0.2) is 9.69 Å². The van der Waals surface area contributed by atoms with E-state index in [1.807, 2.05) is 0 Å². The van der Waals surface area contributed by atoms with Crippen LogP contribution in [-0.2, 0) is 19.1 Å². The van der Waals surface area contributed by atoms with E-state index in [2.05, 4.69) is 4.98 Å². The lowest BCUT2D eigenvalue weighted by molar-refractivity contribution is -0.384. The highest BCUT2D eigenvalue weighted by Gasteiger charge is 2.56. The molecule has 1 saturated heterocycles. The van der Waals surface area contributed by atoms with Crippen molar-refractivity contribution in [2.75, 3.05) is 18.1 Å². The number of thiazole rings is 1. The molecule has 1 fully saturated rings. The average Bonchev–Trinajstić information content (AvgIpc) is 3.37. The van der Waals surface area contributed by atoms with Gasteiger partial charge in [-0.15, -0.1) is 0 Å². The highest BCUT2D eigenvalue weighted by Crippen LogP contribution is 2.54. The van der Waals surface area contributed by atoms with Crippen molar-refractivity contribution in [2.24, 2.45) is 5.92 Å². The number of imide groups is 1. The number of aromatic nitrogens is 1. The van der Waals surface area contributed by atoms with Crippen LogP contribution in [0.25, 0.3) is 0 Å². The van der Waals surface area contributed by atoms with Crippen LogP contribution >= 0.6 is 23.1 Å². The van der Waals surface area contributed by atoms with Gasteiger partial charge in [0.05, 0.1) is 28.2 Å². The first-order valence-corrected chi connectivity index (χ1v) is 12.9. The van der Waals surface area contributed by atoms with Gasteiger partial charge in [-0.1, -0.05) is 41.3 Å². The fraction of sp³-hybridized carbons (Fsp3) is 0.250. The molecule has 0 radical (unpaired) electrons. The Morgan fingerprint density at radius 3 is 2.54 bits per heavy atom. The van der Waals surface area contributed by atoms with Gasteiger partial charge < -0.3 is 14.5 Å². The molecule has 1 aromatic heterocycles. The first-order chi connectivity index (χ1) is 17.8. The Morgan fingerprint density at radius 2 is 1.84 bits per heavy atom. The maximum atomic E-state index is 13.8. The number of para-hydroxylation sites is 1. The molecule has 3 atom stereocenters. The lowest BCUT2D eigenvalue weighted by Gasteiger charge is -2.30. The minimum Gasteiger partial charge on any atom is -0.482 e. The summed E-state index contributed by atoms with van der Waals surface area (Å²) in [4.78, 5) is 66.0. The summed E-state index contributed by atoms with van der Waals surface area (Å²) in [6.45, 7) is 1.53. The molecular formula is C24H19N3O8S2. The fourth-order valence-corrected chi connectivity index (χ4v) is 7.04. The molecule has 3 heterocycles. The van der Waals surface area contributed by atoms with Crippen molar-refractivity contribution in [3.63, 3.8) is 0 Å². The number of carbonyl (C=O) groups is 3. The van der Waals surface area contributed by atoms with Crippen LogP contribution in [-0.4, -0.2) is 46.2 Å². The Hall–Kier alpha value is -3.97. The van der Waals surface area contributed by atoms with E-state index in [1.54, 1.807) is 31.2 Å². The number of amides is 2. The quantitative estimate of drug-likeness (QED) is 0.206. The molecule has 1 N–H and O–H groups in total. The summed E-state index contributed by atoms with van der Waals surface area (Å²) < 4.78 is 10.7. The summed E-state index contributed by atoms with van der Waals surface area (Å²) >= 11 is 2.07. The van der Waals surface area contributed by atoms with Gasteiger partial charge in [0, 0.05) is 28.5 Å². The third kappa shape index (κ3) is 4.40. The summed E-state index contributed by atoms with van der Waals surface area (Å²) in [5.41, 5.74) is 0.600. The van der Waals surface area contributed by atoms with E-state index >= 15 is 0 Å². The Balaban J connectivity index is 1.56. The molecule has 3 unspecified atom stereocenters. The molecule has 2 aliphatic rings. The van der Waals surface area contributed by atoms with Crippen molar-refractivity contribution >= 4 is 52.3 Å². The number of thioether (sulfide) groups is 1. The van der Waals surface area contributed by atoms with Crippen molar-refractivity contribution < 1.29 is 28.8 Å². The van der Waals surface area contributed by atoms with Crippen LogP contribution < -0.4 is 14.5 Å². The van der Waals surface area contributed by atoms with Crippen molar-refractivity contribution in [1.82, 2.24) is 4.98 Å². The normalized spacial score (nSPS) is 20.4. The van der Waals surface area contributed by atoms with Crippen molar-refractivity contribution in [3.8, 4) is 5.75 Å². The van der Waals surface area contributed by atoms with Gasteiger partial charge in [0.1, 0.15) is 11.0 Å². The predicted octanol–water partition coefficient (Wildman–Crippen LogP) is 3.08. The highest BCUT2D eigenvalue weighted by molar-refractivity contribution is 8.00. The van der Waals surface area contributed by atoms with Crippen LogP contribution in [0.4, 0.5) is 11.4 Å². The molecule has 2 aliphatic heterocycles. The Morgan fingerprint density at radius 1 is 1.11 bits per heavy atom. The molecule has 0 saturated carbocycles. The number of hydrogen-bond acceptors (Lipinski definition) is 10. The number of benzene rings is 2. The molecule has 3 aromatic rings. The molecule has 0 bridgehead atoms. The molecule has 13 heteroatoms. The topological polar surface area (TPSA) is 149 Å². The Labute approximate surface area is 217 Å². The number of ether oxygens (including phenoxy) is 2. The molecule has 37 heavy (non-hydrogen) atoms. The van der Waals surface area contributed by atoms with Crippen LogP contribution in [0.3, 0.4) is 0 Å². The minimum atomic E-state index is -0.876. The largest absolute Gasteiger partial charge is 0.482 e. The maximum absolute atomic E-state index is 13.8. The molecule has 0 spiro atoms. The second kappa shape index (κ2) is 9.82. The molecule has 5 rings (SSSR count). The number of anilines is 1. The standard InChI is InChI=1S/C24H19N3O8S2/c1-2-34-16(28)11-35-15-6-4-3-5-14(15)17-18-20(36-21-19(17)37-24(31)25-21)23(30)26(22(18)29)12-7-9-13(10-8-12)27(32)33/h3-10,17-18,20H,2,11H2,1H3,(H,25,31). The van der Waals surface area contributed by atoms with Gasteiger partial charge in [0.2, 0.25) is 11.8 Å². The van der Waals surface area contributed by atoms with Gasteiger partial charge in [0.25, 0.3) is 5.69 Å². The van der Waals surface area contributed by atoms with E-state index in [-0.39, 0.29) is 29.5 Å². The van der Waals surface area contributed by atoms with Crippen LogP contribution in [0.2, 0.25) is 0 Å². The third-order valence-electron chi connectivity index (χ3n) is 6.05. The number of aromatic amines is 1. The third-order valence-corrected chi connectivity index (χ3v) is 8.45. The predicted molar refractivity (Wildman–Crippen MR) is 134 cm³/mol. The highest BCUT2D eigenvalue weighted by atomic mass is 32.2. The van der Waals surface area contributed by atoms with E-state index in [0.29, 0.717) is 21.2 Å². The number of nitrogens with one attached hydrogen (secondary N) is 1. The number of carbonyl (C=O) groups excluding carboxylic acids is 3.